The van der Waals surface area contributed by atoms with Gasteiger partial charge in [0.2, 0.25) is 5.95 Å². The van der Waals surface area contributed by atoms with Gasteiger partial charge < -0.3 is 11.5 Å². The lowest BCUT2D eigenvalue weighted by molar-refractivity contribution is 0.248. The SMILES string of the molecule is NC(=O)n1ncnc1N. The molecular weight excluding hydrogens is 122 g/mol. The fourth-order valence-corrected chi connectivity index (χ4v) is 0.420. The van der Waals surface area contributed by atoms with Crippen molar-refractivity contribution in [3.8, 4) is 0 Å². The fourth-order valence-electron chi connectivity index (χ4n) is 0.420. The molecule has 0 saturated carbocycles. The van der Waals surface area contributed by atoms with E-state index in [1.807, 2.05) is 0 Å². The molecule has 0 aromatic carbocycles. The molecule has 0 bridgehead atoms. The molecule has 0 aliphatic rings. The Bertz CT molecular complexity index is 228. The lowest BCUT2D eigenvalue weighted by Crippen LogP contribution is -2.22. The lowest BCUT2D eigenvalue weighted by atomic mass is 10.9. The third-order valence-electron chi connectivity index (χ3n) is 0.783. The number of nitrogens with two attached hydrogens (primary N) is 2. The van der Waals surface area contributed by atoms with Crippen LogP contribution in [0.25, 0.3) is 0 Å². The van der Waals surface area contributed by atoms with E-state index in [0.29, 0.717) is 0 Å². The highest BCUT2D eigenvalue weighted by molar-refractivity contribution is 5.75. The Morgan fingerprint density at radius 2 is 2.44 bits per heavy atom. The second-order valence-electron chi connectivity index (χ2n) is 1.37. The van der Waals surface area contributed by atoms with Crippen molar-refractivity contribution in [3.05, 3.63) is 6.33 Å². The molecule has 0 saturated heterocycles. The second kappa shape index (κ2) is 1.73. The van der Waals surface area contributed by atoms with Crippen molar-refractivity contribution in [1.29, 1.82) is 0 Å². The van der Waals surface area contributed by atoms with E-state index in [9.17, 15) is 4.79 Å². The quantitative estimate of drug-likeness (QED) is 0.456. The number of aromatic nitrogens is 3. The van der Waals surface area contributed by atoms with Crippen molar-refractivity contribution in [1.82, 2.24) is 14.8 Å². The standard InChI is InChI=1S/C3H5N5O/c4-2-6-1-7-8(2)3(5)9/h1H,(H2,5,9)(H2,4,6,7). The highest BCUT2D eigenvalue weighted by atomic mass is 16.2. The van der Waals surface area contributed by atoms with Gasteiger partial charge in [0, 0.05) is 0 Å². The average Bonchev–Trinajstić information content (AvgIpc) is 2.13. The maximum atomic E-state index is 10.3. The third kappa shape index (κ3) is 0.809. The van der Waals surface area contributed by atoms with E-state index in [4.69, 9.17) is 11.5 Å². The molecule has 1 amide bonds. The summed E-state index contributed by atoms with van der Waals surface area (Å²) in [6, 6.07) is -0.731. The Hall–Kier alpha value is -1.59. The molecule has 1 rings (SSSR count). The van der Waals surface area contributed by atoms with Gasteiger partial charge >= 0.3 is 6.03 Å². The molecule has 9 heavy (non-hydrogen) atoms. The van der Waals surface area contributed by atoms with Gasteiger partial charge in [-0.25, -0.2) is 4.79 Å². The first-order valence-corrected chi connectivity index (χ1v) is 2.17. The van der Waals surface area contributed by atoms with Crippen molar-refractivity contribution in [2.24, 2.45) is 5.73 Å². The normalized spacial score (nSPS) is 9.33. The molecule has 6 nitrogen and oxygen atoms in total. The minimum Gasteiger partial charge on any atom is -0.368 e. The molecule has 0 aliphatic heterocycles. The van der Waals surface area contributed by atoms with Gasteiger partial charge in [-0.2, -0.15) is 4.98 Å². The summed E-state index contributed by atoms with van der Waals surface area (Å²) in [5.41, 5.74) is 9.93. The molecule has 0 unspecified atom stereocenters. The van der Waals surface area contributed by atoms with Crippen LogP contribution in [0.15, 0.2) is 6.33 Å². The van der Waals surface area contributed by atoms with Gasteiger partial charge in [-0.1, -0.05) is 0 Å². The highest BCUT2D eigenvalue weighted by Crippen LogP contribution is 1.89. The number of nitrogen functional groups attached to an aromatic ring is 1. The Kier molecular flexibility index (Phi) is 1.07. The third-order valence-corrected chi connectivity index (χ3v) is 0.783. The summed E-state index contributed by atoms with van der Waals surface area (Å²) in [6.45, 7) is 0. The van der Waals surface area contributed by atoms with Crippen LogP contribution in [0.1, 0.15) is 0 Å². The number of hydrogen-bond donors (Lipinski definition) is 2. The summed E-state index contributed by atoms with van der Waals surface area (Å²) in [7, 11) is 0. The second-order valence-corrected chi connectivity index (χ2v) is 1.37. The fraction of sp³-hybridized carbons (Fsp3) is 0. The zero-order valence-electron chi connectivity index (χ0n) is 4.48. The zero-order chi connectivity index (χ0) is 6.85. The molecule has 48 valence electrons. The van der Waals surface area contributed by atoms with E-state index in [1.165, 1.54) is 0 Å². The van der Waals surface area contributed by atoms with Crippen molar-refractivity contribution in [2.45, 2.75) is 0 Å². The van der Waals surface area contributed by atoms with Gasteiger partial charge in [-0.3, -0.25) is 0 Å². The lowest BCUT2D eigenvalue weighted by Gasteiger charge is -1.91. The van der Waals surface area contributed by atoms with Crippen molar-refractivity contribution < 1.29 is 4.79 Å². The predicted octanol–water partition coefficient (Wildman–Crippen LogP) is -1.21. The molecule has 1 aromatic heterocycles. The summed E-state index contributed by atoms with van der Waals surface area (Å²) < 4.78 is 0.806. The summed E-state index contributed by atoms with van der Waals surface area (Å²) in [4.78, 5) is 13.8. The van der Waals surface area contributed by atoms with Crippen LogP contribution in [0.3, 0.4) is 0 Å². The maximum absolute atomic E-state index is 10.3. The van der Waals surface area contributed by atoms with E-state index in [-0.39, 0.29) is 5.95 Å². The smallest absolute Gasteiger partial charge is 0.342 e. The highest BCUT2D eigenvalue weighted by Gasteiger charge is 2.02. The van der Waals surface area contributed by atoms with Gasteiger partial charge in [0.15, 0.2) is 0 Å². The Balaban J connectivity index is 3.08. The molecule has 6 heteroatoms. The predicted molar refractivity (Wildman–Crippen MR) is 29.4 cm³/mol. The van der Waals surface area contributed by atoms with Gasteiger partial charge in [0.05, 0.1) is 0 Å². The first-order chi connectivity index (χ1) is 4.22. The van der Waals surface area contributed by atoms with E-state index in [1.54, 1.807) is 0 Å². The minimum absolute atomic E-state index is 0.00231. The maximum Gasteiger partial charge on any atom is 0.342 e. The average molecular weight is 127 g/mol. The molecule has 0 fully saturated rings. The van der Waals surface area contributed by atoms with Crippen LogP contribution < -0.4 is 11.5 Å². The Labute approximate surface area is 50.5 Å². The van der Waals surface area contributed by atoms with Crippen molar-refractivity contribution >= 4 is 12.0 Å². The van der Waals surface area contributed by atoms with Crippen LogP contribution in [0, 0.1) is 0 Å². The molecule has 4 N–H and O–H groups in total. The molecule has 0 aliphatic carbocycles. The van der Waals surface area contributed by atoms with Crippen LogP contribution in [0.5, 0.6) is 0 Å². The van der Waals surface area contributed by atoms with Crippen LogP contribution in [0.4, 0.5) is 10.7 Å². The van der Waals surface area contributed by atoms with Crippen LogP contribution in [-0.2, 0) is 0 Å². The summed E-state index contributed by atoms with van der Waals surface area (Å²) in [5, 5.41) is 3.42. The first kappa shape index (κ1) is 5.54. The Morgan fingerprint density at radius 1 is 1.78 bits per heavy atom. The number of primary amides is 1. The Morgan fingerprint density at radius 3 is 2.67 bits per heavy atom. The van der Waals surface area contributed by atoms with Crippen molar-refractivity contribution in [2.75, 3.05) is 5.73 Å². The molecule has 0 radical (unpaired) electrons. The van der Waals surface area contributed by atoms with Crippen LogP contribution in [-0.4, -0.2) is 20.8 Å². The van der Waals surface area contributed by atoms with Crippen LogP contribution >= 0.6 is 0 Å². The van der Waals surface area contributed by atoms with E-state index in [0.717, 1.165) is 11.0 Å². The summed E-state index contributed by atoms with van der Waals surface area (Å²) >= 11 is 0. The molecular formula is C3H5N5O. The first-order valence-electron chi connectivity index (χ1n) is 2.17. The van der Waals surface area contributed by atoms with Gasteiger partial charge in [0.25, 0.3) is 0 Å². The zero-order valence-corrected chi connectivity index (χ0v) is 4.48. The minimum atomic E-state index is -0.731. The van der Waals surface area contributed by atoms with E-state index < -0.39 is 6.03 Å². The van der Waals surface area contributed by atoms with E-state index >= 15 is 0 Å². The molecule has 1 heterocycles. The number of rotatable bonds is 0. The van der Waals surface area contributed by atoms with Gasteiger partial charge in [-0.05, 0) is 0 Å². The molecule has 0 atom stereocenters. The molecule has 1 aromatic rings. The van der Waals surface area contributed by atoms with Crippen LogP contribution in [0.2, 0.25) is 0 Å². The number of anilines is 1. The van der Waals surface area contributed by atoms with Crippen molar-refractivity contribution in [3.63, 3.8) is 0 Å². The number of carbonyl (C=O) groups is 1. The van der Waals surface area contributed by atoms with Gasteiger partial charge in [-0.15, -0.1) is 9.78 Å². The summed E-state index contributed by atoms with van der Waals surface area (Å²) in [6.07, 6.45) is 1.15. The number of carbonyl (C=O) groups excluding carboxylic acids is 1. The monoisotopic (exact) mass is 127 g/mol. The summed E-state index contributed by atoms with van der Waals surface area (Å²) in [5.74, 6) is 0.00231. The number of hydrogen-bond acceptors (Lipinski definition) is 4. The molecule has 0 spiro atoms. The number of amides is 1. The van der Waals surface area contributed by atoms with E-state index in [2.05, 4.69) is 10.1 Å². The largest absolute Gasteiger partial charge is 0.368 e. The topological polar surface area (TPSA) is 99.8 Å². The number of nitrogens with zero attached hydrogens (tertiary/aromatic N) is 3. The van der Waals surface area contributed by atoms with Gasteiger partial charge in [0.1, 0.15) is 6.33 Å².